The lowest BCUT2D eigenvalue weighted by molar-refractivity contribution is -0.129. The zero-order valence-electron chi connectivity index (χ0n) is 14.8. The molecule has 2 amide bonds. The van der Waals surface area contributed by atoms with Gasteiger partial charge >= 0.3 is 0 Å². The van der Waals surface area contributed by atoms with Crippen LogP contribution in [0.2, 0.25) is 0 Å². The molecule has 27 heavy (non-hydrogen) atoms. The summed E-state index contributed by atoms with van der Waals surface area (Å²) in [5, 5.41) is 0. The third kappa shape index (κ3) is 2.49. The van der Waals surface area contributed by atoms with Crippen molar-refractivity contribution >= 4 is 34.4 Å². The van der Waals surface area contributed by atoms with E-state index in [0.717, 1.165) is 34.8 Å². The van der Waals surface area contributed by atoms with Gasteiger partial charge in [0.25, 0.3) is 11.8 Å². The van der Waals surface area contributed by atoms with Gasteiger partial charge in [0.15, 0.2) is 0 Å². The first-order valence-corrected chi connectivity index (χ1v) is 10.5. The summed E-state index contributed by atoms with van der Waals surface area (Å²) in [7, 11) is 0. The Morgan fingerprint density at radius 3 is 2.30 bits per heavy atom. The maximum atomic E-state index is 13.3. The number of rotatable bonds is 3. The molecule has 0 aromatic heterocycles. The minimum absolute atomic E-state index is 0.169. The van der Waals surface area contributed by atoms with Gasteiger partial charge in [-0.25, -0.2) is 8.78 Å². The van der Waals surface area contributed by atoms with Crippen molar-refractivity contribution in [1.82, 2.24) is 4.90 Å². The van der Waals surface area contributed by atoms with Crippen LogP contribution in [0.3, 0.4) is 0 Å². The fraction of sp³-hybridized carbons (Fsp3) is 0.600. The molecule has 7 heteroatoms. The van der Waals surface area contributed by atoms with Crippen molar-refractivity contribution in [2.24, 2.45) is 28.9 Å². The standard InChI is InChI=1S/C20H21F2IN2O2/c21-20(22)8-25(9-20)17(26)15-5-13(23)1-2-14(15)16-10-3-12-4-11(16)7-19(12,6-10)18(24)27/h1-2,5,10-12,16H,3-4,6-9H2,(H2,24,27). The molecule has 144 valence electrons. The SMILES string of the molecule is NC(=O)C12CC3CC1CC(C2)C3c1ccc(I)cc1C(=O)N1CC(F)(F)C1. The van der Waals surface area contributed by atoms with Gasteiger partial charge in [0, 0.05) is 9.13 Å². The van der Waals surface area contributed by atoms with Gasteiger partial charge in [-0.3, -0.25) is 9.59 Å². The molecule has 0 radical (unpaired) electrons. The molecule has 1 heterocycles. The van der Waals surface area contributed by atoms with E-state index in [4.69, 9.17) is 5.73 Å². The Kier molecular flexibility index (Phi) is 3.72. The highest BCUT2D eigenvalue weighted by molar-refractivity contribution is 14.1. The minimum atomic E-state index is -2.77. The molecule has 2 unspecified atom stereocenters. The van der Waals surface area contributed by atoms with Gasteiger partial charge in [0.1, 0.15) is 0 Å². The topological polar surface area (TPSA) is 63.4 Å². The van der Waals surface area contributed by atoms with E-state index >= 15 is 0 Å². The number of nitrogens with zero attached hydrogens (tertiary/aromatic N) is 1. The third-order valence-electron chi connectivity index (χ3n) is 7.45. The lowest BCUT2D eigenvalue weighted by Crippen LogP contribution is -2.58. The number of amides is 2. The van der Waals surface area contributed by atoms with E-state index in [9.17, 15) is 18.4 Å². The van der Waals surface area contributed by atoms with E-state index in [1.165, 1.54) is 4.90 Å². The fourth-order valence-electron chi connectivity index (χ4n) is 6.47. The van der Waals surface area contributed by atoms with E-state index < -0.39 is 19.0 Å². The highest BCUT2D eigenvalue weighted by atomic mass is 127. The second-order valence-electron chi connectivity index (χ2n) is 8.89. The van der Waals surface area contributed by atoms with Crippen LogP contribution in [0.25, 0.3) is 0 Å². The average Bonchev–Trinajstić information content (AvgIpc) is 3.02. The van der Waals surface area contributed by atoms with Crippen molar-refractivity contribution in [3.8, 4) is 0 Å². The van der Waals surface area contributed by atoms with Crippen molar-refractivity contribution in [1.29, 1.82) is 0 Å². The molecule has 5 fully saturated rings. The number of alkyl halides is 2. The molecular formula is C20H21F2IN2O2. The Balaban J connectivity index is 1.49. The quantitative estimate of drug-likeness (QED) is 0.667. The summed E-state index contributed by atoms with van der Waals surface area (Å²) in [6.07, 6.45) is 3.56. The molecule has 5 aliphatic rings. The minimum Gasteiger partial charge on any atom is -0.369 e. The summed E-state index contributed by atoms with van der Waals surface area (Å²) in [6, 6.07) is 5.81. The van der Waals surface area contributed by atoms with E-state index in [-0.39, 0.29) is 23.1 Å². The van der Waals surface area contributed by atoms with Gasteiger partial charge in [0.05, 0.1) is 18.5 Å². The van der Waals surface area contributed by atoms with Crippen LogP contribution in [0.15, 0.2) is 18.2 Å². The van der Waals surface area contributed by atoms with E-state index in [1.807, 2.05) is 18.2 Å². The molecule has 1 aromatic rings. The molecule has 1 saturated heterocycles. The first kappa shape index (κ1) is 17.8. The Hall–Kier alpha value is -1.25. The van der Waals surface area contributed by atoms with Crippen LogP contribution in [0.5, 0.6) is 0 Å². The van der Waals surface area contributed by atoms with Gasteiger partial charge in [-0.15, -0.1) is 0 Å². The van der Waals surface area contributed by atoms with Gasteiger partial charge in [-0.2, -0.15) is 0 Å². The van der Waals surface area contributed by atoms with Crippen molar-refractivity contribution < 1.29 is 18.4 Å². The second-order valence-corrected chi connectivity index (χ2v) is 10.1. The van der Waals surface area contributed by atoms with E-state index in [1.54, 1.807) is 0 Å². The van der Waals surface area contributed by atoms with Gasteiger partial charge < -0.3 is 10.6 Å². The number of likely N-dealkylation sites (tertiary alicyclic amines) is 1. The number of carbonyl (C=O) groups excluding carboxylic acids is 2. The van der Waals surface area contributed by atoms with Crippen molar-refractivity contribution in [3.05, 3.63) is 32.9 Å². The zero-order chi connectivity index (χ0) is 19.1. The summed E-state index contributed by atoms with van der Waals surface area (Å²) in [6.45, 7) is -0.998. The zero-order valence-corrected chi connectivity index (χ0v) is 16.9. The number of primary amides is 1. The summed E-state index contributed by atoms with van der Waals surface area (Å²) in [4.78, 5) is 26.3. The van der Waals surface area contributed by atoms with Crippen LogP contribution in [0, 0.1) is 26.7 Å². The average molecular weight is 486 g/mol. The number of benzene rings is 1. The highest BCUT2D eigenvalue weighted by Crippen LogP contribution is 2.69. The molecule has 0 spiro atoms. The molecule has 2 atom stereocenters. The number of halogens is 3. The predicted octanol–water partition coefficient (Wildman–Crippen LogP) is 3.39. The largest absolute Gasteiger partial charge is 0.369 e. The Labute approximate surface area is 170 Å². The Bertz CT molecular complexity index is 834. The van der Waals surface area contributed by atoms with Crippen molar-refractivity contribution in [3.63, 3.8) is 0 Å². The molecule has 4 aliphatic carbocycles. The number of hydrogen-bond acceptors (Lipinski definition) is 2. The fourth-order valence-corrected chi connectivity index (χ4v) is 6.96. The van der Waals surface area contributed by atoms with Gasteiger partial charge in [-0.05, 0) is 89.6 Å². The summed E-state index contributed by atoms with van der Waals surface area (Å²) >= 11 is 2.16. The molecule has 4 saturated carbocycles. The lowest BCUT2D eigenvalue weighted by atomic mass is 9.65. The highest BCUT2D eigenvalue weighted by Gasteiger charge is 2.64. The lowest BCUT2D eigenvalue weighted by Gasteiger charge is -2.41. The second kappa shape index (κ2) is 5.64. The number of carbonyl (C=O) groups is 2. The van der Waals surface area contributed by atoms with E-state index in [0.29, 0.717) is 23.3 Å². The predicted molar refractivity (Wildman–Crippen MR) is 103 cm³/mol. The van der Waals surface area contributed by atoms with Crippen LogP contribution < -0.4 is 5.73 Å². The molecule has 2 N–H and O–H groups in total. The van der Waals surface area contributed by atoms with Crippen LogP contribution in [0.1, 0.15) is 47.5 Å². The van der Waals surface area contributed by atoms with Gasteiger partial charge in [0.2, 0.25) is 5.91 Å². The monoisotopic (exact) mass is 486 g/mol. The first-order chi connectivity index (χ1) is 12.7. The van der Waals surface area contributed by atoms with Crippen molar-refractivity contribution in [2.75, 3.05) is 13.1 Å². The first-order valence-electron chi connectivity index (χ1n) is 9.47. The van der Waals surface area contributed by atoms with Crippen LogP contribution in [0.4, 0.5) is 8.78 Å². The third-order valence-corrected chi connectivity index (χ3v) is 8.12. The molecule has 4 nitrogen and oxygen atoms in total. The maximum Gasteiger partial charge on any atom is 0.282 e. The number of hydrogen-bond donors (Lipinski definition) is 1. The smallest absolute Gasteiger partial charge is 0.282 e. The molecule has 1 aliphatic heterocycles. The Morgan fingerprint density at radius 2 is 1.78 bits per heavy atom. The summed E-state index contributed by atoms with van der Waals surface area (Å²) in [5.41, 5.74) is 6.94. The van der Waals surface area contributed by atoms with Gasteiger partial charge in [-0.1, -0.05) is 6.07 Å². The molecule has 6 rings (SSSR count). The number of nitrogens with two attached hydrogens (primary N) is 1. The molecule has 4 bridgehead atoms. The molecular weight excluding hydrogens is 465 g/mol. The van der Waals surface area contributed by atoms with E-state index in [2.05, 4.69) is 22.6 Å². The maximum absolute atomic E-state index is 13.3. The van der Waals surface area contributed by atoms with Crippen molar-refractivity contribution in [2.45, 2.75) is 37.5 Å². The molecule has 1 aromatic carbocycles. The summed E-state index contributed by atoms with van der Waals surface area (Å²) < 4.78 is 27.5. The van der Waals surface area contributed by atoms with Crippen LogP contribution in [-0.4, -0.2) is 35.7 Å². The normalized spacial score (nSPS) is 38.1. The summed E-state index contributed by atoms with van der Waals surface area (Å²) in [5.74, 6) is -1.95. The van der Waals surface area contributed by atoms with Crippen LogP contribution >= 0.6 is 22.6 Å². The Morgan fingerprint density at radius 1 is 1.15 bits per heavy atom. The van der Waals surface area contributed by atoms with Crippen LogP contribution in [-0.2, 0) is 4.79 Å².